The summed E-state index contributed by atoms with van der Waals surface area (Å²) in [6.45, 7) is 2.17. The zero-order valence-electron chi connectivity index (χ0n) is 15.1. The molecule has 1 heterocycles. The van der Waals surface area contributed by atoms with Gasteiger partial charge in [-0.05, 0) is 55.0 Å². The molecule has 3 rings (SSSR count). The van der Waals surface area contributed by atoms with Crippen molar-refractivity contribution in [2.75, 3.05) is 13.7 Å². The third kappa shape index (κ3) is 4.40. The number of carbonyl (C=O) groups excluding carboxylic acids is 2. The van der Waals surface area contributed by atoms with Crippen molar-refractivity contribution in [2.45, 2.75) is 6.92 Å². The van der Waals surface area contributed by atoms with Gasteiger partial charge >= 0.3 is 5.97 Å². The molecule has 1 amide bonds. The fourth-order valence-electron chi connectivity index (χ4n) is 2.41. The Hall–Kier alpha value is -2.71. The first kappa shape index (κ1) is 20.0. The van der Waals surface area contributed by atoms with Crippen molar-refractivity contribution in [2.24, 2.45) is 0 Å². The number of amides is 1. The molecule has 5 nitrogen and oxygen atoms in total. The smallest absolute Gasteiger partial charge is 0.343 e. The standard InChI is InChI=1S/C20H16FNO4S2/c1-3-25-16-10-12(11-17-18(23)22(2)20(27)28-17)4-9-15(16)26-19(24)13-5-7-14(21)8-6-13/h4-11H,3H2,1-2H3/b17-11+. The number of thioether (sulfide) groups is 1. The largest absolute Gasteiger partial charge is 0.490 e. The van der Waals surface area contributed by atoms with Crippen LogP contribution in [0, 0.1) is 5.82 Å². The van der Waals surface area contributed by atoms with E-state index in [1.165, 1.54) is 40.9 Å². The minimum atomic E-state index is -0.624. The maximum Gasteiger partial charge on any atom is 0.343 e. The van der Waals surface area contributed by atoms with Gasteiger partial charge in [0.1, 0.15) is 10.1 Å². The van der Waals surface area contributed by atoms with Gasteiger partial charge in [0.05, 0.1) is 17.1 Å². The van der Waals surface area contributed by atoms with Gasteiger partial charge in [-0.3, -0.25) is 9.69 Å². The number of ether oxygens (including phenoxy) is 2. The SMILES string of the molecule is CCOc1cc(/C=C2/SC(=S)N(C)C2=O)ccc1OC(=O)c1ccc(F)cc1. The first-order chi connectivity index (χ1) is 13.4. The van der Waals surface area contributed by atoms with Gasteiger partial charge in [-0.15, -0.1) is 0 Å². The Morgan fingerprint density at radius 3 is 2.54 bits per heavy atom. The summed E-state index contributed by atoms with van der Waals surface area (Å²) in [6.07, 6.45) is 1.71. The molecule has 0 aliphatic carbocycles. The van der Waals surface area contributed by atoms with Crippen molar-refractivity contribution in [3.8, 4) is 11.5 Å². The molecule has 28 heavy (non-hydrogen) atoms. The van der Waals surface area contributed by atoms with E-state index in [-0.39, 0.29) is 17.2 Å². The van der Waals surface area contributed by atoms with Crippen LogP contribution in [-0.4, -0.2) is 34.8 Å². The zero-order chi connectivity index (χ0) is 20.3. The summed E-state index contributed by atoms with van der Waals surface area (Å²) in [7, 11) is 1.63. The highest BCUT2D eigenvalue weighted by Gasteiger charge is 2.28. The van der Waals surface area contributed by atoms with Crippen molar-refractivity contribution in [1.29, 1.82) is 0 Å². The minimum absolute atomic E-state index is 0.167. The van der Waals surface area contributed by atoms with E-state index in [4.69, 9.17) is 21.7 Å². The highest BCUT2D eigenvalue weighted by atomic mass is 32.2. The Balaban J connectivity index is 1.85. The molecule has 0 saturated carbocycles. The average Bonchev–Trinajstić information content (AvgIpc) is 2.91. The number of benzene rings is 2. The van der Waals surface area contributed by atoms with E-state index in [1.54, 1.807) is 38.2 Å². The summed E-state index contributed by atoms with van der Waals surface area (Å²) in [5.41, 5.74) is 0.929. The molecule has 2 aromatic carbocycles. The van der Waals surface area contributed by atoms with E-state index in [2.05, 4.69) is 0 Å². The van der Waals surface area contributed by atoms with E-state index >= 15 is 0 Å². The quantitative estimate of drug-likeness (QED) is 0.313. The van der Waals surface area contributed by atoms with E-state index in [0.717, 1.165) is 0 Å². The van der Waals surface area contributed by atoms with Crippen LogP contribution in [0.4, 0.5) is 4.39 Å². The summed E-state index contributed by atoms with van der Waals surface area (Å²) in [4.78, 5) is 26.3. The number of hydrogen-bond acceptors (Lipinski definition) is 6. The normalized spacial score (nSPS) is 15.2. The zero-order valence-corrected chi connectivity index (χ0v) is 16.7. The lowest BCUT2D eigenvalue weighted by Crippen LogP contribution is -2.22. The van der Waals surface area contributed by atoms with Crippen molar-refractivity contribution in [3.05, 3.63) is 64.3 Å². The summed E-state index contributed by atoms with van der Waals surface area (Å²) >= 11 is 6.34. The van der Waals surface area contributed by atoms with Gasteiger partial charge in [0.2, 0.25) is 0 Å². The van der Waals surface area contributed by atoms with Gasteiger partial charge in [0.25, 0.3) is 5.91 Å². The van der Waals surface area contributed by atoms with Crippen LogP contribution < -0.4 is 9.47 Å². The third-order valence-electron chi connectivity index (χ3n) is 3.83. The number of rotatable bonds is 5. The first-order valence-electron chi connectivity index (χ1n) is 8.35. The maximum absolute atomic E-state index is 13.0. The van der Waals surface area contributed by atoms with Crippen LogP contribution in [0.15, 0.2) is 47.4 Å². The molecule has 8 heteroatoms. The minimum Gasteiger partial charge on any atom is -0.490 e. The molecule has 0 radical (unpaired) electrons. The van der Waals surface area contributed by atoms with Crippen molar-refractivity contribution in [3.63, 3.8) is 0 Å². The molecule has 0 unspecified atom stereocenters. The van der Waals surface area contributed by atoms with Gasteiger partial charge in [-0.2, -0.15) is 0 Å². The number of carbonyl (C=O) groups is 2. The molecule has 2 aromatic rings. The highest BCUT2D eigenvalue weighted by Crippen LogP contribution is 2.34. The third-order valence-corrected chi connectivity index (χ3v) is 5.32. The molecule has 0 spiro atoms. The van der Waals surface area contributed by atoms with E-state index in [9.17, 15) is 14.0 Å². The maximum atomic E-state index is 13.0. The molecule has 0 N–H and O–H groups in total. The predicted octanol–water partition coefficient (Wildman–Crippen LogP) is 4.27. The fraction of sp³-hybridized carbons (Fsp3) is 0.150. The van der Waals surface area contributed by atoms with E-state index in [1.807, 2.05) is 0 Å². The van der Waals surface area contributed by atoms with Crippen LogP contribution in [-0.2, 0) is 4.79 Å². The average molecular weight is 417 g/mol. The summed E-state index contributed by atoms with van der Waals surface area (Å²) in [6, 6.07) is 10.0. The van der Waals surface area contributed by atoms with Crippen LogP contribution in [0.25, 0.3) is 6.08 Å². The summed E-state index contributed by atoms with van der Waals surface area (Å²) in [5, 5.41) is 0. The molecule has 1 fully saturated rings. The lowest BCUT2D eigenvalue weighted by Gasteiger charge is -2.11. The summed E-state index contributed by atoms with van der Waals surface area (Å²) < 4.78 is 24.5. The monoisotopic (exact) mass is 417 g/mol. The Morgan fingerprint density at radius 2 is 1.93 bits per heavy atom. The second kappa shape index (κ2) is 8.53. The number of halogens is 1. The number of hydrogen-bond donors (Lipinski definition) is 0. The molecular formula is C20H16FNO4S2. The molecule has 0 atom stereocenters. The highest BCUT2D eigenvalue weighted by molar-refractivity contribution is 8.26. The molecule has 144 valence electrons. The number of esters is 1. The number of nitrogens with zero attached hydrogens (tertiary/aromatic N) is 1. The second-order valence-corrected chi connectivity index (χ2v) is 7.45. The van der Waals surface area contributed by atoms with Crippen molar-refractivity contribution in [1.82, 2.24) is 4.90 Å². The molecule has 1 aliphatic heterocycles. The Kier molecular flexibility index (Phi) is 6.11. The van der Waals surface area contributed by atoms with Crippen LogP contribution in [0.3, 0.4) is 0 Å². The molecule has 0 bridgehead atoms. The lowest BCUT2D eigenvalue weighted by atomic mass is 10.1. The Bertz CT molecular complexity index is 973. The summed E-state index contributed by atoms with van der Waals surface area (Å²) in [5.74, 6) is -0.635. The molecule has 0 aromatic heterocycles. The van der Waals surface area contributed by atoms with Gasteiger partial charge in [0, 0.05) is 7.05 Å². The van der Waals surface area contributed by atoms with Gasteiger partial charge < -0.3 is 9.47 Å². The molecular weight excluding hydrogens is 401 g/mol. The molecule has 1 aliphatic rings. The van der Waals surface area contributed by atoms with Gasteiger partial charge in [-0.25, -0.2) is 9.18 Å². The lowest BCUT2D eigenvalue weighted by molar-refractivity contribution is -0.121. The van der Waals surface area contributed by atoms with Crippen LogP contribution in [0.2, 0.25) is 0 Å². The Morgan fingerprint density at radius 1 is 1.21 bits per heavy atom. The Labute approximate surface area is 171 Å². The molecule has 1 saturated heterocycles. The first-order valence-corrected chi connectivity index (χ1v) is 9.57. The van der Waals surface area contributed by atoms with Gasteiger partial charge in [-0.1, -0.05) is 30.0 Å². The topological polar surface area (TPSA) is 55.8 Å². The van der Waals surface area contributed by atoms with Crippen molar-refractivity contribution < 1.29 is 23.5 Å². The predicted molar refractivity (Wildman–Crippen MR) is 110 cm³/mol. The number of likely N-dealkylation sites (N-methyl/N-ethyl adjacent to an activating group) is 1. The fourth-order valence-corrected chi connectivity index (χ4v) is 3.59. The second-order valence-electron chi connectivity index (χ2n) is 5.78. The van der Waals surface area contributed by atoms with E-state index in [0.29, 0.717) is 27.1 Å². The van der Waals surface area contributed by atoms with Crippen molar-refractivity contribution >= 4 is 46.3 Å². The van der Waals surface area contributed by atoms with Gasteiger partial charge in [0.15, 0.2) is 11.5 Å². The number of thiocarbonyl (C=S) groups is 1. The van der Waals surface area contributed by atoms with E-state index < -0.39 is 11.8 Å². The van der Waals surface area contributed by atoms with Crippen LogP contribution in [0.5, 0.6) is 11.5 Å². The van der Waals surface area contributed by atoms with Crippen LogP contribution >= 0.6 is 24.0 Å². The van der Waals surface area contributed by atoms with Crippen LogP contribution in [0.1, 0.15) is 22.8 Å².